The quantitative estimate of drug-likeness (QED) is 0.766. The normalized spacial score (nSPS) is 12.6. The first-order chi connectivity index (χ1) is 9.70. The van der Waals surface area contributed by atoms with Gasteiger partial charge in [-0.2, -0.15) is 0 Å². The summed E-state index contributed by atoms with van der Waals surface area (Å²) in [6, 6.07) is 13.9. The number of nitrogens with two attached hydrogens (primary N) is 1. The minimum atomic E-state index is -0.599. The minimum absolute atomic E-state index is 0.363. The molecule has 1 aromatic heterocycles. The van der Waals surface area contributed by atoms with E-state index in [1.54, 1.807) is 12.1 Å². The van der Waals surface area contributed by atoms with Crippen molar-refractivity contribution in [2.45, 2.75) is 6.04 Å². The fraction of sp³-hybridized carbons (Fsp3) is 0.125. The number of hydrogen-bond donors (Lipinski definition) is 2. The lowest BCUT2D eigenvalue weighted by Crippen LogP contribution is -2.15. The van der Waals surface area contributed by atoms with E-state index >= 15 is 0 Å². The molecule has 0 aliphatic heterocycles. The first-order valence-corrected chi connectivity index (χ1v) is 6.36. The van der Waals surface area contributed by atoms with E-state index in [1.165, 1.54) is 13.2 Å². The van der Waals surface area contributed by atoms with E-state index in [0.29, 0.717) is 11.3 Å². The van der Waals surface area contributed by atoms with Crippen LogP contribution in [0.4, 0.5) is 4.39 Å². The van der Waals surface area contributed by atoms with Gasteiger partial charge in [0.25, 0.3) is 0 Å². The van der Waals surface area contributed by atoms with E-state index in [-0.39, 0.29) is 5.82 Å². The molecule has 0 spiro atoms. The number of halogens is 1. The second-order valence-corrected chi connectivity index (χ2v) is 4.65. The lowest BCUT2D eigenvalue weighted by Gasteiger charge is -2.15. The molecule has 0 amide bonds. The third-order valence-corrected chi connectivity index (χ3v) is 3.43. The topological polar surface area (TPSA) is 51.0 Å². The molecule has 3 rings (SSSR count). The second-order valence-electron chi connectivity index (χ2n) is 4.65. The Balaban J connectivity index is 2.10. The first kappa shape index (κ1) is 12.7. The minimum Gasteiger partial charge on any atom is -0.496 e. The van der Waals surface area contributed by atoms with Gasteiger partial charge in [0.15, 0.2) is 0 Å². The first-order valence-electron chi connectivity index (χ1n) is 6.36. The number of aromatic nitrogens is 1. The molecule has 0 unspecified atom stereocenters. The largest absolute Gasteiger partial charge is 0.496 e. The Hall–Kier alpha value is -2.33. The lowest BCUT2D eigenvalue weighted by molar-refractivity contribution is 0.401. The van der Waals surface area contributed by atoms with E-state index in [4.69, 9.17) is 10.5 Å². The third kappa shape index (κ3) is 2.04. The fourth-order valence-corrected chi connectivity index (χ4v) is 2.42. The van der Waals surface area contributed by atoms with Crippen LogP contribution >= 0.6 is 0 Å². The van der Waals surface area contributed by atoms with E-state index < -0.39 is 6.04 Å². The monoisotopic (exact) mass is 270 g/mol. The summed E-state index contributed by atoms with van der Waals surface area (Å²) < 4.78 is 19.3. The standard InChI is InChI=1S/C16H15FN2O/c1-20-14-8-4-6-11(17)15(14)16(18)13-9-10-5-2-3-7-12(10)19-13/h2-9,16,19H,18H2,1H3/t16-/m0/s1. The van der Waals surface area contributed by atoms with E-state index in [0.717, 1.165) is 16.6 Å². The van der Waals surface area contributed by atoms with Crippen molar-refractivity contribution in [3.05, 3.63) is 65.6 Å². The van der Waals surface area contributed by atoms with Crippen LogP contribution in [0, 0.1) is 5.82 Å². The zero-order valence-electron chi connectivity index (χ0n) is 11.1. The summed E-state index contributed by atoms with van der Waals surface area (Å²) in [4.78, 5) is 3.23. The SMILES string of the molecule is COc1cccc(F)c1[C@@H](N)c1cc2ccccc2[nH]1. The molecule has 0 radical (unpaired) electrons. The number of methoxy groups -OCH3 is 1. The number of benzene rings is 2. The van der Waals surface area contributed by atoms with Crippen LogP contribution in [0.5, 0.6) is 5.75 Å². The van der Waals surface area contributed by atoms with Gasteiger partial charge in [0.05, 0.1) is 18.7 Å². The van der Waals surface area contributed by atoms with E-state index in [1.807, 2.05) is 30.3 Å². The maximum Gasteiger partial charge on any atom is 0.132 e. The summed E-state index contributed by atoms with van der Waals surface area (Å²) in [6.45, 7) is 0. The molecule has 3 nitrogen and oxygen atoms in total. The number of para-hydroxylation sites is 1. The van der Waals surface area contributed by atoms with Crippen molar-refractivity contribution in [2.24, 2.45) is 5.73 Å². The van der Waals surface area contributed by atoms with Gasteiger partial charge in [0.2, 0.25) is 0 Å². The Morgan fingerprint density at radius 3 is 2.70 bits per heavy atom. The zero-order valence-corrected chi connectivity index (χ0v) is 11.1. The molecule has 102 valence electrons. The number of hydrogen-bond acceptors (Lipinski definition) is 2. The van der Waals surface area contributed by atoms with Gasteiger partial charge in [-0.25, -0.2) is 4.39 Å². The van der Waals surface area contributed by atoms with Crippen molar-refractivity contribution < 1.29 is 9.13 Å². The van der Waals surface area contributed by atoms with E-state index in [2.05, 4.69) is 4.98 Å². The van der Waals surface area contributed by atoms with Gasteiger partial charge < -0.3 is 15.5 Å². The van der Waals surface area contributed by atoms with E-state index in [9.17, 15) is 4.39 Å². The summed E-state index contributed by atoms with van der Waals surface area (Å²) in [5.41, 5.74) is 8.31. The Morgan fingerprint density at radius 2 is 1.95 bits per heavy atom. The number of ether oxygens (including phenoxy) is 1. The maximum absolute atomic E-state index is 14.1. The number of aromatic amines is 1. The molecule has 0 bridgehead atoms. The predicted molar refractivity (Wildman–Crippen MR) is 77.3 cm³/mol. The van der Waals surface area contributed by atoms with Crippen molar-refractivity contribution in [1.29, 1.82) is 0 Å². The van der Waals surface area contributed by atoms with Crippen LogP contribution in [0.25, 0.3) is 10.9 Å². The highest BCUT2D eigenvalue weighted by atomic mass is 19.1. The molecule has 2 aromatic carbocycles. The molecule has 0 saturated heterocycles. The van der Waals surface area contributed by atoms with Crippen LogP contribution in [-0.4, -0.2) is 12.1 Å². The van der Waals surface area contributed by atoms with Crippen molar-refractivity contribution >= 4 is 10.9 Å². The van der Waals surface area contributed by atoms with Gasteiger partial charge in [-0.3, -0.25) is 0 Å². The summed E-state index contributed by atoms with van der Waals surface area (Å²) in [6.07, 6.45) is 0. The highest BCUT2D eigenvalue weighted by molar-refractivity contribution is 5.80. The molecule has 1 atom stereocenters. The van der Waals surface area contributed by atoms with Gasteiger partial charge in [0, 0.05) is 11.2 Å². The number of rotatable bonds is 3. The summed E-state index contributed by atoms with van der Waals surface area (Å²) in [7, 11) is 1.51. The average molecular weight is 270 g/mol. The highest BCUT2D eigenvalue weighted by Gasteiger charge is 2.20. The van der Waals surface area contributed by atoms with Gasteiger partial charge in [0.1, 0.15) is 11.6 Å². The molecule has 0 fully saturated rings. The fourth-order valence-electron chi connectivity index (χ4n) is 2.42. The zero-order chi connectivity index (χ0) is 14.1. The Morgan fingerprint density at radius 1 is 1.15 bits per heavy atom. The highest BCUT2D eigenvalue weighted by Crippen LogP contribution is 2.31. The summed E-state index contributed by atoms with van der Waals surface area (Å²) >= 11 is 0. The Bertz CT molecular complexity index is 718. The summed E-state index contributed by atoms with van der Waals surface area (Å²) in [5.74, 6) is 0.0895. The van der Waals surface area contributed by atoms with Crippen LogP contribution in [0.3, 0.4) is 0 Å². The van der Waals surface area contributed by atoms with Gasteiger partial charge in [-0.15, -0.1) is 0 Å². The molecule has 20 heavy (non-hydrogen) atoms. The molecule has 4 heteroatoms. The molecule has 1 heterocycles. The molecule has 0 saturated carbocycles. The number of fused-ring (bicyclic) bond motifs is 1. The molecular weight excluding hydrogens is 255 g/mol. The van der Waals surface area contributed by atoms with Crippen LogP contribution in [0.15, 0.2) is 48.5 Å². The average Bonchev–Trinajstić information content (AvgIpc) is 2.90. The van der Waals surface area contributed by atoms with Crippen molar-refractivity contribution in [1.82, 2.24) is 4.98 Å². The van der Waals surface area contributed by atoms with Gasteiger partial charge in [-0.05, 0) is 29.7 Å². The van der Waals surface area contributed by atoms with Gasteiger partial charge in [-0.1, -0.05) is 24.3 Å². The summed E-state index contributed by atoms with van der Waals surface area (Å²) in [5, 5.41) is 1.05. The van der Waals surface area contributed by atoms with Crippen molar-refractivity contribution in [2.75, 3.05) is 7.11 Å². The number of nitrogens with one attached hydrogen (secondary N) is 1. The Kier molecular flexibility index (Phi) is 3.16. The van der Waals surface area contributed by atoms with Crippen LogP contribution in [0.2, 0.25) is 0 Å². The predicted octanol–water partition coefficient (Wildman–Crippen LogP) is 3.36. The second kappa shape index (κ2) is 4.98. The molecular formula is C16H15FN2O. The molecule has 0 aliphatic rings. The van der Waals surface area contributed by atoms with Crippen LogP contribution in [-0.2, 0) is 0 Å². The van der Waals surface area contributed by atoms with Crippen molar-refractivity contribution in [3.63, 3.8) is 0 Å². The lowest BCUT2D eigenvalue weighted by atomic mass is 10.0. The Labute approximate surface area is 116 Å². The third-order valence-electron chi connectivity index (χ3n) is 3.43. The molecule has 0 aliphatic carbocycles. The molecule has 3 N–H and O–H groups in total. The maximum atomic E-state index is 14.1. The smallest absolute Gasteiger partial charge is 0.132 e. The number of H-pyrrole nitrogens is 1. The van der Waals surface area contributed by atoms with Crippen molar-refractivity contribution in [3.8, 4) is 5.75 Å². The van der Waals surface area contributed by atoms with Gasteiger partial charge >= 0.3 is 0 Å². The molecule has 3 aromatic rings. The van der Waals surface area contributed by atoms with Crippen LogP contribution in [0.1, 0.15) is 17.3 Å². The van der Waals surface area contributed by atoms with Crippen LogP contribution < -0.4 is 10.5 Å².